The number of ketones is 1. The molecule has 1 aliphatic rings. The molecular formula is C11H6ClN3O2S. The average Bonchev–Trinajstić information content (AvgIpc) is 2.92. The van der Waals surface area contributed by atoms with E-state index in [0.717, 1.165) is 4.90 Å². The summed E-state index contributed by atoms with van der Waals surface area (Å²) < 4.78 is 0. The number of carbonyl (C=O) groups is 2. The molecule has 0 bridgehead atoms. The molecule has 0 unspecified atom stereocenters. The molecule has 0 saturated carbocycles. The van der Waals surface area contributed by atoms with Crippen molar-refractivity contribution in [2.75, 3.05) is 5.32 Å². The molecule has 3 rings (SSSR count). The summed E-state index contributed by atoms with van der Waals surface area (Å²) in [5, 5.41) is 3.61. The van der Waals surface area contributed by atoms with Crippen LogP contribution in [0.15, 0.2) is 34.6 Å². The number of H-pyrrole nitrogens is 1. The standard InChI is InChI=1S/C11H6ClN3O2S/c12-6-3-5-7(15-10(17)9(5)16)4-8(6)18-11-13-1-2-14-11/h1-4H,(H,13,14)(H,15,16,17). The van der Waals surface area contributed by atoms with Gasteiger partial charge in [0.25, 0.3) is 11.7 Å². The zero-order chi connectivity index (χ0) is 12.7. The van der Waals surface area contributed by atoms with E-state index in [2.05, 4.69) is 15.3 Å². The minimum Gasteiger partial charge on any atom is -0.339 e. The molecule has 7 heteroatoms. The first-order chi connectivity index (χ1) is 8.65. The maximum absolute atomic E-state index is 11.5. The summed E-state index contributed by atoms with van der Waals surface area (Å²) >= 11 is 7.41. The Morgan fingerprint density at radius 1 is 1.28 bits per heavy atom. The highest BCUT2D eigenvalue weighted by molar-refractivity contribution is 7.99. The molecule has 0 saturated heterocycles. The predicted octanol–water partition coefficient (Wildman–Crippen LogP) is 2.35. The lowest BCUT2D eigenvalue weighted by atomic mass is 10.1. The van der Waals surface area contributed by atoms with Crippen LogP contribution in [0.3, 0.4) is 0 Å². The number of imidazole rings is 1. The van der Waals surface area contributed by atoms with E-state index in [-0.39, 0.29) is 0 Å². The van der Waals surface area contributed by atoms with Gasteiger partial charge in [-0.2, -0.15) is 0 Å². The fraction of sp³-hybridized carbons (Fsp3) is 0. The Bertz CT molecular complexity index is 655. The second-order valence-electron chi connectivity index (χ2n) is 3.61. The molecule has 5 nitrogen and oxygen atoms in total. The van der Waals surface area contributed by atoms with Gasteiger partial charge in [0, 0.05) is 17.3 Å². The van der Waals surface area contributed by atoms with Crippen LogP contribution in [0.4, 0.5) is 5.69 Å². The van der Waals surface area contributed by atoms with Gasteiger partial charge in [-0.3, -0.25) is 9.59 Å². The van der Waals surface area contributed by atoms with Crippen LogP contribution < -0.4 is 5.32 Å². The fourth-order valence-corrected chi connectivity index (χ4v) is 2.70. The van der Waals surface area contributed by atoms with Crippen LogP contribution in [0.1, 0.15) is 10.4 Å². The molecule has 0 aliphatic carbocycles. The third-order valence-corrected chi connectivity index (χ3v) is 3.85. The lowest BCUT2D eigenvalue weighted by molar-refractivity contribution is -0.112. The Kier molecular flexibility index (Phi) is 2.61. The number of Topliss-reactive ketones (excluding diaryl/α,β-unsaturated/α-hetero) is 1. The second-order valence-corrected chi connectivity index (χ2v) is 5.05. The fourth-order valence-electron chi connectivity index (χ4n) is 1.64. The van der Waals surface area contributed by atoms with Crippen LogP contribution >= 0.6 is 23.4 Å². The van der Waals surface area contributed by atoms with Gasteiger partial charge in [0.1, 0.15) is 0 Å². The maximum atomic E-state index is 11.5. The van der Waals surface area contributed by atoms with E-state index in [1.807, 2.05) is 0 Å². The van der Waals surface area contributed by atoms with Crippen molar-refractivity contribution in [1.29, 1.82) is 0 Å². The van der Waals surface area contributed by atoms with Gasteiger partial charge >= 0.3 is 0 Å². The number of halogens is 1. The van der Waals surface area contributed by atoms with Gasteiger partial charge < -0.3 is 10.3 Å². The number of carbonyl (C=O) groups excluding carboxylic acids is 2. The number of benzene rings is 1. The van der Waals surface area contributed by atoms with Crippen molar-refractivity contribution in [2.45, 2.75) is 10.1 Å². The van der Waals surface area contributed by atoms with Crippen LogP contribution in [0.25, 0.3) is 0 Å². The first-order valence-corrected chi connectivity index (χ1v) is 6.21. The van der Waals surface area contributed by atoms with Crippen molar-refractivity contribution in [1.82, 2.24) is 9.97 Å². The molecule has 18 heavy (non-hydrogen) atoms. The molecule has 1 amide bonds. The van der Waals surface area contributed by atoms with Crippen molar-refractivity contribution in [3.63, 3.8) is 0 Å². The third kappa shape index (κ3) is 1.79. The Balaban J connectivity index is 2.01. The van der Waals surface area contributed by atoms with Crippen LogP contribution in [-0.2, 0) is 4.79 Å². The number of amides is 1. The molecule has 1 aliphatic heterocycles. The van der Waals surface area contributed by atoms with Crippen LogP contribution in [-0.4, -0.2) is 21.7 Å². The monoisotopic (exact) mass is 279 g/mol. The number of nitrogens with zero attached hydrogens (tertiary/aromatic N) is 1. The number of anilines is 1. The minimum absolute atomic E-state index is 0.314. The SMILES string of the molecule is O=C1Nc2cc(Sc3ncc[nH]3)c(Cl)cc2C1=O. The Labute approximate surface area is 111 Å². The molecular weight excluding hydrogens is 274 g/mol. The molecule has 1 aromatic carbocycles. The molecule has 2 aromatic rings. The van der Waals surface area contributed by atoms with Gasteiger partial charge in [-0.1, -0.05) is 23.4 Å². The lowest BCUT2D eigenvalue weighted by Gasteiger charge is -2.04. The number of aromatic amines is 1. The van der Waals surface area contributed by atoms with Gasteiger partial charge in [0.05, 0.1) is 16.3 Å². The van der Waals surface area contributed by atoms with Crippen molar-refractivity contribution in [3.05, 3.63) is 35.1 Å². The number of nitrogens with one attached hydrogen (secondary N) is 2. The smallest absolute Gasteiger partial charge is 0.296 e. The Hall–Kier alpha value is -1.79. The number of aromatic nitrogens is 2. The highest BCUT2D eigenvalue weighted by Gasteiger charge is 2.29. The van der Waals surface area contributed by atoms with E-state index in [0.29, 0.717) is 21.4 Å². The Morgan fingerprint density at radius 2 is 2.11 bits per heavy atom. The van der Waals surface area contributed by atoms with E-state index < -0.39 is 11.7 Å². The highest BCUT2D eigenvalue weighted by Crippen LogP contribution is 2.37. The van der Waals surface area contributed by atoms with E-state index in [1.54, 1.807) is 18.5 Å². The zero-order valence-corrected chi connectivity index (χ0v) is 10.4. The molecule has 2 N–H and O–H groups in total. The largest absolute Gasteiger partial charge is 0.339 e. The first kappa shape index (κ1) is 11.3. The van der Waals surface area contributed by atoms with E-state index >= 15 is 0 Å². The zero-order valence-electron chi connectivity index (χ0n) is 8.86. The third-order valence-electron chi connectivity index (χ3n) is 2.45. The molecule has 90 valence electrons. The summed E-state index contributed by atoms with van der Waals surface area (Å²) in [7, 11) is 0. The molecule has 0 atom stereocenters. The average molecular weight is 280 g/mol. The van der Waals surface area contributed by atoms with Gasteiger partial charge in [-0.05, 0) is 12.1 Å². The molecule has 2 heterocycles. The van der Waals surface area contributed by atoms with Crippen LogP contribution in [0.5, 0.6) is 0 Å². The number of fused-ring (bicyclic) bond motifs is 1. The van der Waals surface area contributed by atoms with Crippen LogP contribution in [0.2, 0.25) is 5.02 Å². The lowest BCUT2D eigenvalue weighted by Crippen LogP contribution is -2.12. The summed E-state index contributed by atoms with van der Waals surface area (Å²) in [6, 6.07) is 3.18. The Morgan fingerprint density at radius 3 is 2.83 bits per heavy atom. The highest BCUT2D eigenvalue weighted by atomic mass is 35.5. The van der Waals surface area contributed by atoms with E-state index in [4.69, 9.17) is 11.6 Å². The van der Waals surface area contributed by atoms with E-state index in [9.17, 15) is 9.59 Å². The summed E-state index contributed by atoms with van der Waals surface area (Å²) in [5.41, 5.74) is 0.803. The molecule has 0 fully saturated rings. The number of hydrogen-bond acceptors (Lipinski definition) is 4. The van der Waals surface area contributed by atoms with Gasteiger partial charge in [0.15, 0.2) is 5.16 Å². The summed E-state index contributed by atoms with van der Waals surface area (Å²) in [4.78, 5) is 30.5. The van der Waals surface area contributed by atoms with Crippen molar-refractivity contribution in [3.8, 4) is 0 Å². The second kappa shape index (κ2) is 4.15. The quantitative estimate of drug-likeness (QED) is 0.828. The van der Waals surface area contributed by atoms with Gasteiger partial charge in [-0.25, -0.2) is 4.98 Å². The molecule has 1 aromatic heterocycles. The summed E-state index contributed by atoms with van der Waals surface area (Å²) in [6.07, 6.45) is 3.34. The van der Waals surface area contributed by atoms with Crippen molar-refractivity contribution >= 4 is 40.7 Å². The van der Waals surface area contributed by atoms with E-state index in [1.165, 1.54) is 17.8 Å². The first-order valence-electron chi connectivity index (χ1n) is 5.01. The van der Waals surface area contributed by atoms with Gasteiger partial charge in [-0.15, -0.1) is 0 Å². The predicted molar refractivity (Wildman–Crippen MR) is 67.1 cm³/mol. The van der Waals surface area contributed by atoms with Gasteiger partial charge in [0.2, 0.25) is 0 Å². The van der Waals surface area contributed by atoms with Crippen molar-refractivity contribution < 1.29 is 9.59 Å². The summed E-state index contributed by atoms with van der Waals surface area (Å²) in [6.45, 7) is 0. The topological polar surface area (TPSA) is 74.8 Å². The normalized spacial score (nSPS) is 13.6. The minimum atomic E-state index is -0.624. The molecule has 0 radical (unpaired) electrons. The number of rotatable bonds is 2. The van der Waals surface area contributed by atoms with Crippen LogP contribution in [0, 0.1) is 0 Å². The van der Waals surface area contributed by atoms with Crippen molar-refractivity contribution in [2.24, 2.45) is 0 Å². The maximum Gasteiger partial charge on any atom is 0.296 e. The molecule has 0 spiro atoms. The summed E-state index contributed by atoms with van der Waals surface area (Å²) in [5.74, 6) is -1.18. The number of hydrogen-bond donors (Lipinski definition) is 2.